The highest BCUT2D eigenvalue weighted by Gasteiger charge is 2.34. The zero-order chi connectivity index (χ0) is 23.2. The van der Waals surface area contributed by atoms with Crippen LogP contribution in [0.3, 0.4) is 0 Å². The van der Waals surface area contributed by atoms with E-state index >= 15 is 0 Å². The Kier molecular flexibility index (Phi) is 7.40. The first kappa shape index (κ1) is 23.0. The molecule has 3 aromatic carbocycles. The molecule has 1 saturated heterocycles. The van der Waals surface area contributed by atoms with Gasteiger partial charge in [-0.05, 0) is 46.9 Å². The highest BCUT2D eigenvalue weighted by atomic mass is 79.9. The van der Waals surface area contributed by atoms with Crippen molar-refractivity contribution in [1.82, 2.24) is 15.5 Å². The van der Waals surface area contributed by atoms with Crippen LogP contribution in [0.15, 0.2) is 71.2 Å². The molecular weight excluding hydrogens is 482 g/mol. The van der Waals surface area contributed by atoms with Crippen LogP contribution >= 0.6 is 15.9 Å². The minimum Gasteiger partial charge on any atom is -0.350 e. The van der Waals surface area contributed by atoms with E-state index in [4.69, 9.17) is 0 Å². The van der Waals surface area contributed by atoms with Gasteiger partial charge in [0.25, 0.3) is 0 Å². The number of rotatable bonds is 7. The second-order valence-electron chi connectivity index (χ2n) is 8.18. The number of amides is 3. The zero-order valence-electron chi connectivity index (χ0n) is 18.2. The number of likely N-dealkylation sites (tertiary alicyclic amines) is 1. The zero-order valence-corrected chi connectivity index (χ0v) is 19.8. The Hall–Kier alpha value is -3.19. The number of nitrogens with one attached hydrogen (secondary N) is 2. The van der Waals surface area contributed by atoms with Gasteiger partial charge in [-0.15, -0.1) is 0 Å². The lowest BCUT2D eigenvalue weighted by atomic mass is 10.0. The Balaban J connectivity index is 1.30. The molecule has 4 rings (SSSR count). The fourth-order valence-corrected chi connectivity index (χ4v) is 4.46. The van der Waals surface area contributed by atoms with Crippen LogP contribution in [0.1, 0.15) is 24.0 Å². The van der Waals surface area contributed by atoms with Gasteiger partial charge in [0.2, 0.25) is 17.7 Å². The summed E-state index contributed by atoms with van der Waals surface area (Å²) < 4.78 is 0.973. The normalized spacial score (nSPS) is 15.4. The summed E-state index contributed by atoms with van der Waals surface area (Å²) in [6.07, 6.45) is 1.63. The van der Waals surface area contributed by atoms with Crippen LogP contribution in [-0.2, 0) is 27.3 Å². The van der Waals surface area contributed by atoms with Crippen molar-refractivity contribution in [1.29, 1.82) is 0 Å². The van der Waals surface area contributed by atoms with E-state index in [2.05, 4.69) is 26.6 Å². The molecule has 0 radical (unpaired) electrons. The minimum atomic E-state index is -0.535. The van der Waals surface area contributed by atoms with Crippen LogP contribution in [0.25, 0.3) is 10.8 Å². The van der Waals surface area contributed by atoms with Gasteiger partial charge in [0.1, 0.15) is 6.04 Å². The molecule has 2 N–H and O–H groups in total. The topological polar surface area (TPSA) is 78.5 Å². The van der Waals surface area contributed by atoms with Gasteiger partial charge >= 0.3 is 0 Å². The van der Waals surface area contributed by atoms with Gasteiger partial charge in [0.05, 0.1) is 13.0 Å². The second-order valence-corrected chi connectivity index (χ2v) is 9.10. The van der Waals surface area contributed by atoms with Crippen molar-refractivity contribution in [2.45, 2.75) is 31.8 Å². The summed E-state index contributed by atoms with van der Waals surface area (Å²) in [5.41, 5.74) is 1.93. The first-order valence-corrected chi connectivity index (χ1v) is 11.9. The maximum Gasteiger partial charge on any atom is 0.243 e. The van der Waals surface area contributed by atoms with Gasteiger partial charge in [-0.25, -0.2) is 0 Å². The summed E-state index contributed by atoms with van der Waals surface area (Å²) in [6, 6.07) is 21.0. The molecular formula is C26H26BrN3O3. The molecule has 33 heavy (non-hydrogen) atoms. The van der Waals surface area contributed by atoms with Gasteiger partial charge in [-0.1, -0.05) is 70.5 Å². The SMILES string of the molecule is O=C(CNC(=O)C1CCCN1C(=O)Cc1cccc2ccccc12)NCc1ccc(Br)cc1. The standard InChI is InChI=1S/C26H26BrN3O3/c27-21-12-10-18(11-13-21)16-28-24(31)17-29-26(33)23-9-4-14-30(23)25(32)15-20-7-3-6-19-5-1-2-8-22(19)20/h1-3,5-8,10-13,23H,4,9,14-17H2,(H,28,31)(H,29,33). The maximum atomic E-state index is 13.1. The molecule has 1 aliphatic rings. The number of benzene rings is 3. The van der Waals surface area contributed by atoms with Gasteiger partial charge in [0, 0.05) is 17.6 Å². The predicted octanol–water partition coefficient (Wildman–Crippen LogP) is 3.57. The molecule has 1 unspecified atom stereocenters. The van der Waals surface area contributed by atoms with Crippen LogP contribution in [0.5, 0.6) is 0 Å². The third-order valence-corrected chi connectivity index (χ3v) is 6.45. The van der Waals surface area contributed by atoms with Crippen molar-refractivity contribution in [2.75, 3.05) is 13.1 Å². The van der Waals surface area contributed by atoms with Crippen molar-refractivity contribution in [2.24, 2.45) is 0 Å². The van der Waals surface area contributed by atoms with Gasteiger partial charge < -0.3 is 15.5 Å². The van der Waals surface area contributed by atoms with E-state index in [1.165, 1.54) is 0 Å². The lowest BCUT2D eigenvalue weighted by Gasteiger charge is -2.24. The van der Waals surface area contributed by atoms with Crippen molar-refractivity contribution < 1.29 is 14.4 Å². The lowest BCUT2D eigenvalue weighted by Crippen LogP contribution is -2.48. The van der Waals surface area contributed by atoms with E-state index in [1.807, 2.05) is 66.7 Å². The second kappa shape index (κ2) is 10.6. The molecule has 0 bridgehead atoms. The Labute approximate surface area is 201 Å². The van der Waals surface area contributed by atoms with Gasteiger partial charge in [-0.3, -0.25) is 14.4 Å². The van der Waals surface area contributed by atoms with E-state index in [9.17, 15) is 14.4 Å². The first-order valence-electron chi connectivity index (χ1n) is 11.1. The van der Waals surface area contributed by atoms with E-state index in [0.717, 1.165) is 32.8 Å². The molecule has 7 heteroatoms. The highest BCUT2D eigenvalue weighted by molar-refractivity contribution is 9.10. The monoisotopic (exact) mass is 507 g/mol. The minimum absolute atomic E-state index is 0.0660. The summed E-state index contributed by atoms with van der Waals surface area (Å²) >= 11 is 3.38. The molecule has 3 aromatic rings. The highest BCUT2D eigenvalue weighted by Crippen LogP contribution is 2.23. The summed E-state index contributed by atoms with van der Waals surface area (Å²) in [4.78, 5) is 39.6. The number of fused-ring (bicyclic) bond motifs is 1. The fourth-order valence-electron chi connectivity index (χ4n) is 4.20. The quantitative estimate of drug-likeness (QED) is 0.513. The van der Waals surface area contributed by atoms with Crippen molar-refractivity contribution in [3.63, 3.8) is 0 Å². The molecule has 3 amide bonds. The Bertz CT molecular complexity index is 1160. The van der Waals surface area contributed by atoms with E-state index in [1.54, 1.807) is 4.90 Å². The van der Waals surface area contributed by atoms with Gasteiger partial charge in [0.15, 0.2) is 0 Å². The molecule has 0 saturated carbocycles. The number of hydrogen-bond donors (Lipinski definition) is 2. The fraction of sp³-hybridized carbons (Fsp3) is 0.269. The van der Waals surface area contributed by atoms with Crippen molar-refractivity contribution in [3.05, 3.63) is 82.3 Å². The third kappa shape index (κ3) is 5.79. The summed E-state index contributed by atoms with van der Waals surface area (Å²) in [7, 11) is 0. The smallest absolute Gasteiger partial charge is 0.243 e. The molecule has 1 aliphatic heterocycles. The molecule has 1 atom stereocenters. The van der Waals surface area contributed by atoms with E-state index < -0.39 is 6.04 Å². The van der Waals surface area contributed by atoms with Crippen LogP contribution in [0.2, 0.25) is 0 Å². The first-order chi connectivity index (χ1) is 16.0. The molecule has 0 aliphatic carbocycles. The maximum absolute atomic E-state index is 13.1. The van der Waals surface area contributed by atoms with Crippen LogP contribution in [0, 0.1) is 0 Å². The van der Waals surface area contributed by atoms with Gasteiger partial charge in [-0.2, -0.15) is 0 Å². The Morgan fingerprint density at radius 1 is 0.939 bits per heavy atom. The summed E-state index contributed by atoms with van der Waals surface area (Å²) in [6.45, 7) is 0.829. The average molecular weight is 508 g/mol. The van der Waals surface area contributed by atoms with Crippen LogP contribution < -0.4 is 10.6 Å². The molecule has 1 heterocycles. The van der Waals surface area contributed by atoms with Crippen LogP contribution in [0.4, 0.5) is 0 Å². The van der Waals surface area contributed by atoms with E-state index in [0.29, 0.717) is 19.5 Å². The number of carbonyl (C=O) groups is 3. The molecule has 0 aromatic heterocycles. The predicted molar refractivity (Wildman–Crippen MR) is 131 cm³/mol. The number of hydrogen-bond acceptors (Lipinski definition) is 3. The van der Waals surface area contributed by atoms with Crippen molar-refractivity contribution >= 4 is 44.4 Å². The van der Waals surface area contributed by atoms with Crippen LogP contribution in [-0.4, -0.2) is 41.8 Å². The molecule has 170 valence electrons. The summed E-state index contributed by atoms with van der Waals surface area (Å²) in [5, 5.41) is 7.64. The van der Waals surface area contributed by atoms with E-state index in [-0.39, 0.29) is 30.7 Å². The van der Waals surface area contributed by atoms with Crippen molar-refractivity contribution in [3.8, 4) is 0 Å². The number of carbonyl (C=O) groups excluding carboxylic acids is 3. The Morgan fingerprint density at radius 3 is 2.52 bits per heavy atom. The molecule has 1 fully saturated rings. The Morgan fingerprint density at radius 2 is 1.70 bits per heavy atom. The third-order valence-electron chi connectivity index (χ3n) is 5.92. The molecule has 6 nitrogen and oxygen atoms in total. The summed E-state index contributed by atoms with van der Waals surface area (Å²) in [5.74, 6) is -0.612. The molecule has 0 spiro atoms. The average Bonchev–Trinajstić information content (AvgIpc) is 3.33. The number of halogens is 1. The lowest BCUT2D eigenvalue weighted by molar-refractivity contribution is -0.138. The largest absolute Gasteiger partial charge is 0.350 e. The number of nitrogens with zero attached hydrogens (tertiary/aromatic N) is 1.